The zero-order chi connectivity index (χ0) is 13.1. The number of amides is 2. The lowest BCUT2D eigenvalue weighted by molar-refractivity contribution is -0.139. The number of carbonyl (C=O) groups excluding carboxylic acids is 1. The quantitative estimate of drug-likeness (QED) is 0.692. The lowest BCUT2D eigenvalue weighted by Gasteiger charge is -2.43. The summed E-state index contributed by atoms with van der Waals surface area (Å²) in [6.07, 6.45) is -0.189. The Morgan fingerprint density at radius 3 is 2.56 bits per heavy atom. The minimum atomic E-state index is -0.821. The molecule has 2 heterocycles. The van der Waals surface area contributed by atoms with Gasteiger partial charge in [0.2, 0.25) is 0 Å². The van der Waals surface area contributed by atoms with Crippen molar-refractivity contribution in [2.75, 3.05) is 39.4 Å². The number of ether oxygens (including phenoxy) is 1. The largest absolute Gasteiger partial charge is 0.481 e. The predicted molar refractivity (Wildman–Crippen MR) is 61.1 cm³/mol. The maximum Gasteiger partial charge on any atom is 0.320 e. The highest BCUT2D eigenvalue weighted by Crippen LogP contribution is 2.21. The molecule has 0 radical (unpaired) electrons. The summed E-state index contributed by atoms with van der Waals surface area (Å²) in [5.41, 5.74) is 0. The first-order valence-electron chi connectivity index (χ1n) is 6.08. The smallest absolute Gasteiger partial charge is 0.320 e. The maximum absolute atomic E-state index is 12.0. The fourth-order valence-corrected chi connectivity index (χ4v) is 2.31. The van der Waals surface area contributed by atoms with Crippen LogP contribution in [0.2, 0.25) is 0 Å². The van der Waals surface area contributed by atoms with Gasteiger partial charge in [0.15, 0.2) is 0 Å². The number of carboxylic acid groups (broad SMARTS) is 1. The molecule has 1 atom stereocenters. The molecule has 2 N–H and O–H groups in total. The van der Waals surface area contributed by atoms with Crippen LogP contribution < -0.4 is 0 Å². The van der Waals surface area contributed by atoms with Crippen LogP contribution in [0.5, 0.6) is 0 Å². The van der Waals surface area contributed by atoms with Crippen LogP contribution in [0.3, 0.4) is 0 Å². The molecule has 2 rings (SSSR count). The summed E-state index contributed by atoms with van der Waals surface area (Å²) in [6, 6.07) is -0.0848. The molecular weight excluding hydrogens is 240 g/mol. The summed E-state index contributed by atoms with van der Waals surface area (Å²) in [5.74, 6) is -0.750. The minimum absolute atomic E-state index is 0.0705. The van der Waals surface area contributed by atoms with Crippen molar-refractivity contribution in [3.8, 4) is 0 Å². The molecule has 0 aliphatic carbocycles. The molecule has 7 nitrogen and oxygen atoms in total. The predicted octanol–water partition coefficient (Wildman–Crippen LogP) is -0.794. The monoisotopic (exact) mass is 258 g/mol. The van der Waals surface area contributed by atoms with Crippen molar-refractivity contribution in [3.05, 3.63) is 0 Å². The summed E-state index contributed by atoms with van der Waals surface area (Å²) < 4.78 is 5.27. The van der Waals surface area contributed by atoms with Crippen molar-refractivity contribution in [2.24, 2.45) is 5.92 Å². The standard InChI is InChI=1S/C11H18N2O5/c14-7-9-6-12(1-2-18-9)11(17)13-4-8(5-13)3-10(15)16/h8-9,14H,1-7H2,(H,15,16). The average Bonchev–Trinajstić information content (AvgIpc) is 2.32. The SMILES string of the molecule is O=C(O)CC1CN(C(=O)N2CCOC(CO)C2)C1. The van der Waals surface area contributed by atoms with E-state index in [2.05, 4.69) is 0 Å². The van der Waals surface area contributed by atoms with Gasteiger partial charge >= 0.3 is 12.0 Å². The molecule has 1 unspecified atom stereocenters. The summed E-state index contributed by atoms with van der Waals surface area (Å²) in [4.78, 5) is 25.8. The van der Waals surface area contributed by atoms with Gasteiger partial charge in [-0.25, -0.2) is 4.79 Å². The van der Waals surface area contributed by atoms with Crippen LogP contribution in [0.4, 0.5) is 4.79 Å². The maximum atomic E-state index is 12.0. The zero-order valence-electron chi connectivity index (χ0n) is 10.1. The van der Waals surface area contributed by atoms with Crippen molar-refractivity contribution in [1.82, 2.24) is 9.80 Å². The lowest BCUT2D eigenvalue weighted by atomic mass is 9.97. The molecule has 102 valence electrons. The number of rotatable bonds is 3. The molecule has 2 fully saturated rings. The normalized spacial score (nSPS) is 24.8. The van der Waals surface area contributed by atoms with Gasteiger partial charge in [-0.15, -0.1) is 0 Å². The number of carboxylic acids is 1. The third kappa shape index (κ3) is 2.91. The van der Waals surface area contributed by atoms with Crippen LogP contribution in [-0.2, 0) is 9.53 Å². The van der Waals surface area contributed by atoms with Crippen LogP contribution in [0, 0.1) is 5.92 Å². The second kappa shape index (κ2) is 5.53. The van der Waals surface area contributed by atoms with Gasteiger partial charge in [-0.2, -0.15) is 0 Å². The zero-order valence-corrected chi connectivity index (χ0v) is 10.1. The van der Waals surface area contributed by atoms with Crippen molar-refractivity contribution in [3.63, 3.8) is 0 Å². The van der Waals surface area contributed by atoms with Crippen LogP contribution >= 0.6 is 0 Å². The molecular formula is C11H18N2O5. The van der Waals surface area contributed by atoms with Crippen molar-refractivity contribution in [1.29, 1.82) is 0 Å². The van der Waals surface area contributed by atoms with E-state index in [9.17, 15) is 9.59 Å². The first-order valence-corrected chi connectivity index (χ1v) is 6.08. The Morgan fingerprint density at radius 2 is 1.94 bits per heavy atom. The van der Waals surface area contributed by atoms with Gasteiger partial charge in [-0.05, 0) is 0 Å². The number of morpholine rings is 1. The van der Waals surface area contributed by atoms with Crippen molar-refractivity contribution < 1.29 is 24.5 Å². The first-order chi connectivity index (χ1) is 8.60. The van der Waals surface area contributed by atoms with E-state index in [1.807, 2.05) is 0 Å². The van der Waals surface area contributed by atoms with E-state index >= 15 is 0 Å². The Hall–Kier alpha value is -1.34. The Kier molecular flexibility index (Phi) is 4.03. The highest BCUT2D eigenvalue weighted by Gasteiger charge is 2.35. The third-order valence-electron chi connectivity index (χ3n) is 3.30. The Labute approximate surface area is 105 Å². The topological polar surface area (TPSA) is 90.3 Å². The van der Waals surface area contributed by atoms with E-state index < -0.39 is 5.97 Å². The summed E-state index contributed by atoms with van der Waals surface area (Å²) in [5, 5.41) is 17.6. The number of aliphatic hydroxyl groups excluding tert-OH is 1. The lowest BCUT2D eigenvalue weighted by Crippen LogP contribution is -2.58. The molecule has 2 aliphatic rings. The molecule has 0 aromatic rings. The number of hydrogen-bond acceptors (Lipinski definition) is 4. The minimum Gasteiger partial charge on any atom is -0.481 e. The van der Waals surface area contributed by atoms with Crippen LogP contribution in [0.15, 0.2) is 0 Å². The number of urea groups is 1. The van der Waals surface area contributed by atoms with E-state index in [1.54, 1.807) is 9.80 Å². The first kappa shape index (κ1) is 13.1. The van der Waals surface area contributed by atoms with E-state index in [0.29, 0.717) is 32.8 Å². The molecule has 2 aliphatic heterocycles. The number of aliphatic carboxylic acids is 1. The van der Waals surface area contributed by atoms with E-state index in [4.69, 9.17) is 14.9 Å². The van der Waals surface area contributed by atoms with E-state index in [-0.39, 0.29) is 31.1 Å². The Bertz CT molecular complexity index is 329. The van der Waals surface area contributed by atoms with Crippen LogP contribution in [0.1, 0.15) is 6.42 Å². The van der Waals surface area contributed by atoms with Crippen LogP contribution in [0.25, 0.3) is 0 Å². The Balaban J connectivity index is 1.77. The second-order valence-electron chi connectivity index (χ2n) is 4.77. The van der Waals surface area contributed by atoms with Gasteiger partial charge in [0, 0.05) is 25.6 Å². The molecule has 0 aromatic carbocycles. The van der Waals surface area contributed by atoms with Crippen LogP contribution in [-0.4, -0.2) is 77.5 Å². The number of hydrogen-bond donors (Lipinski definition) is 2. The van der Waals surface area contributed by atoms with E-state index in [0.717, 1.165) is 0 Å². The molecule has 2 amide bonds. The summed E-state index contributed by atoms with van der Waals surface area (Å²) in [7, 11) is 0. The van der Waals surface area contributed by atoms with E-state index in [1.165, 1.54) is 0 Å². The van der Waals surface area contributed by atoms with Crippen molar-refractivity contribution in [2.45, 2.75) is 12.5 Å². The van der Waals surface area contributed by atoms with Gasteiger partial charge in [0.1, 0.15) is 0 Å². The highest BCUT2D eigenvalue weighted by atomic mass is 16.5. The molecule has 18 heavy (non-hydrogen) atoms. The number of nitrogens with zero attached hydrogens (tertiary/aromatic N) is 2. The third-order valence-corrected chi connectivity index (χ3v) is 3.30. The fourth-order valence-electron chi connectivity index (χ4n) is 2.31. The molecule has 0 aromatic heterocycles. The highest BCUT2D eigenvalue weighted by molar-refractivity contribution is 5.76. The molecule has 7 heteroatoms. The number of aliphatic hydroxyl groups is 1. The van der Waals surface area contributed by atoms with Crippen molar-refractivity contribution >= 4 is 12.0 Å². The fraction of sp³-hybridized carbons (Fsp3) is 0.818. The van der Waals surface area contributed by atoms with Gasteiger partial charge in [0.05, 0.1) is 32.3 Å². The number of carbonyl (C=O) groups is 2. The van der Waals surface area contributed by atoms with Gasteiger partial charge in [-0.1, -0.05) is 0 Å². The molecule has 2 saturated heterocycles. The Morgan fingerprint density at radius 1 is 1.22 bits per heavy atom. The summed E-state index contributed by atoms with van der Waals surface area (Å²) >= 11 is 0. The second-order valence-corrected chi connectivity index (χ2v) is 4.77. The summed E-state index contributed by atoms with van der Waals surface area (Å²) in [6.45, 7) is 2.28. The molecule has 0 saturated carbocycles. The van der Waals surface area contributed by atoms with Gasteiger partial charge in [-0.3, -0.25) is 4.79 Å². The molecule has 0 spiro atoms. The number of likely N-dealkylation sites (tertiary alicyclic amines) is 1. The molecule has 0 bridgehead atoms. The van der Waals surface area contributed by atoms with Gasteiger partial charge in [0.25, 0.3) is 0 Å². The van der Waals surface area contributed by atoms with Gasteiger partial charge < -0.3 is 24.7 Å². The average molecular weight is 258 g/mol.